The fraction of sp³-hybridized carbons (Fsp3) is 0.553. The predicted octanol–water partition coefficient (Wildman–Crippen LogP) is 6.95. The van der Waals surface area contributed by atoms with E-state index in [9.17, 15) is 28.3 Å². The smallest absolute Gasteiger partial charge is 0.407 e. The third-order valence-corrected chi connectivity index (χ3v) is 12.8. The molecule has 7 rings (SSSR count). The predicted molar refractivity (Wildman–Crippen MR) is 241 cm³/mol. The van der Waals surface area contributed by atoms with Gasteiger partial charge in [-0.15, -0.1) is 0 Å². The lowest BCUT2D eigenvalue weighted by atomic mass is 9.86. The number of carbonyl (C=O) groups is 3. The number of alkyl halides is 2. The van der Waals surface area contributed by atoms with Crippen LogP contribution >= 0.6 is 0 Å². The Morgan fingerprint density at radius 2 is 1.71 bits per heavy atom. The fourth-order valence-electron chi connectivity index (χ4n) is 8.65. The van der Waals surface area contributed by atoms with E-state index < -0.39 is 49.4 Å². The summed E-state index contributed by atoms with van der Waals surface area (Å²) in [5, 5.41) is 18.6. The summed E-state index contributed by atoms with van der Waals surface area (Å²) in [6.45, 7) is 7.62. The molecule has 16 nitrogen and oxygen atoms in total. The molecule has 1 aliphatic heterocycles. The second kappa shape index (κ2) is 20.7. The lowest BCUT2D eigenvalue weighted by Gasteiger charge is -2.31. The number of methoxy groups -OCH3 is 2. The average Bonchev–Trinajstić information content (AvgIpc) is 4.11. The number of imidazole rings is 2. The minimum Gasteiger partial charge on any atom is -0.493 e. The Hall–Kier alpha value is -5.59. The highest BCUT2D eigenvalue weighted by Crippen LogP contribution is 2.39. The molecule has 2 aliphatic carbocycles. The number of aromatic amines is 3. The highest BCUT2D eigenvalue weighted by atomic mass is 19.3. The quantitative estimate of drug-likeness (QED) is 0.0454. The molecule has 1 saturated carbocycles. The van der Waals surface area contributed by atoms with Crippen molar-refractivity contribution in [3.05, 3.63) is 71.5 Å². The van der Waals surface area contributed by atoms with Crippen LogP contribution in [0.1, 0.15) is 108 Å². The zero-order chi connectivity index (χ0) is 46.4. The number of aromatic nitrogens is 5. The Morgan fingerprint density at radius 3 is 2.42 bits per heavy atom. The summed E-state index contributed by atoms with van der Waals surface area (Å²) >= 11 is 0. The topological polar surface area (TPSA) is 212 Å². The lowest BCUT2D eigenvalue weighted by Crippen LogP contribution is -2.52. The van der Waals surface area contributed by atoms with Gasteiger partial charge in [-0.1, -0.05) is 40.2 Å². The number of ether oxygens (including phenoxy) is 3. The molecule has 4 atom stereocenters. The van der Waals surface area contributed by atoms with Crippen LogP contribution < -0.4 is 16.0 Å². The molecule has 3 aliphatic rings. The number of amides is 3. The number of benzene rings is 1. The number of hydrogen-bond donors (Lipinski definition) is 7. The van der Waals surface area contributed by atoms with E-state index in [4.69, 9.17) is 14.5 Å². The Morgan fingerprint density at radius 1 is 0.938 bits per heavy atom. The van der Waals surface area contributed by atoms with Crippen LogP contribution in [0.25, 0.3) is 33.3 Å². The van der Waals surface area contributed by atoms with Gasteiger partial charge in [0.2, 0.25) is 18.2 Å². The molecule has 0 spiro atoms. The number of aryl methyl sites for hydroxylation is 1. The number of hydrogen-bond acceptors (Lipinski definition) is 10. The molecule has 4 unspecified atom stereocenters. The van der Waals surface area contributed by atoms with E-state index in [2.05, 4.69) is 52.8 Å². The first-order chi connectivity index (χ1) is 31.1. The van der Waals surface area contributed by atoms with Gasteiger partial charge in [0, 0.05) is 54.2 Å². The van der Waals surface area contributed by atoms with Crippen molar-refractivity contribution >= 4 is 40.0 Å². The number of aliphatic hydroxyl groups excluding tert-OH is 1. The third-order valence-electron chi connectivity index (χ3n) is 12.8. The second-order valence-corrected chi connectivity index (χ2v) is 18.1. The minimum atomic E-state index is -3.22. The Kier molecular flexibility index (Phi) is 15.1. The number of H-pyrrole nitrogens is 3. The highest BCUT2D eigenvalue weighted by molar-refractivity contribution is 5.90. The van der Waals surface area contributed by atoms with Gasteiger partial charge in [-0.05, 0) is 86.1 Å². The van der Waals surface area contributed by atoms with Gasteiger partial charge in [0.15, 0.2) is 0 Å². The first-order valence-electron chi connectivity index (χ1n) is 22.7. The van der Waals surface area contributed by atoms with Gasteiger partial charge in [-0.3, -0.25) is 14.9 Å². The maximum Gasteiger partial charge on any atom is 0.407 e. The zero-order valence-corrected chi connectivity index (χ0v) is 38.1. The maximum atomic E-state index is 14.9. The van der Waals surface area contributed by atoms with Gasteiger partial charge in [0.1, 0.15) is 23.4 Å². The molecule has 1 saturated heterocycles. The van der Waals surface area contributed by atoms with E-state index >= 15 is 0 Å². The molecule has 2 fully saturated rings. The van der Waals surface area contributed by atoms with Crippen LogP contribution in [0.15, 0.2) is 48.5 Å². The van der Waals surface area contributed by atoms with Gasteiger partial charge in [-0.2, -0.15) is 0 Å². The van der Waals surface area contributed by atoms with E-state index in [1.807, 2.05) is 43.1 Å². The molecule has 1 aromatic carbocycles. The summed E-state index contributed by atoms with van der Waals surface area (Å²) in [4.78, 5) is 59.4. The molecule has 3 amide bonds. The average molecular weight is 904 g/mol. The maximum absolute atomic E-state index is 14.9. The number of carbonyl (C=O) groups excluding carboxylic acids is 3. The molecular formula is C47H63F2N9O7. The molecule has 3 aromatic heterocycles. The number of nitrogens with zero attached hydrogens (tertiary/aromatic N) is 3. The number of likely N-dealkylation sites (tertiary alicyclic amines) is 1. The summed E-state index contributed by atoms with van der Waals surface area (Å²) < 4.78 is 46.0. The van der Waals surface area contributed by atoms with E-state index in [1.54, 1.807) is 20.0 Å². The number of rotatable bonds is 20. The van der Waals surface area contributed by atoms with Gasteiger partial charge in [0.05, 0.1) is 56.1 Å². The lowest BCUT2D eigenvalue weighted by molar-refractivity contribution is -0.145. The number of fused-ring (bicyclic) bond motifs is 1. The minimum absolute atomic E-state index is 0.0448. The van der Waals surface area contributed by atoms with Crippen LogP contribution in [0.2, 0.25) is 0 Å². The summed E-state index contributed by atoms with van der Waals surface area (Å²) in [5.74, 6) is -1.97. The summed E-state index contributed by atoms with van der Waals surface area (Å²) in [7, 11) is 2.55. The van der Waals surface area contributed by atoms with Gasteiger partial charge in [-0.25, -0.2) is 23.5 Å². The van der Waals surface area contributed by atoms with Crippen molar-refractivity contribution in [2.75, 3.05) is 33.9 Å². The zero-order valence-electron chi connectivity index (χ0n) is 38.1. The van der Waals surface area contributed by atoms with Gasteiger partial charge >= 0.3 is 6.09 Å². The third kappa shape index (κ3) is 11.4. The van der Waals surface area contributed by atoms with E-state index in [-0.39, 0.29) is 30.2 Å². The molecular weight excluding hydrogens is 841 g/mol. The van der Waals surface area contributed by atoms with Crippen molar-refractivity contribution in [1.82, 2.24) is 45.8 Å². The van der Waals surface area contributed by atoms with Crippen molar-refractivity contribution in [2.45, 2.75) is 116 Å². The van der Waals surface area contributed by atoms with Crippen molar-refractivity contribution in [2.24, 2.45) is 17.8 Å². The van der Waals surface area contributed by atoms with Crippen LogP contribution in [0.4, 0.5) is 13.6 Å². The molecule has 0 bridgehead atoms. The van der Waals surface area contributed by atoms with Gasteiger partial charge in [0.25, 0.3) is 5.92 Å². The normalized spacial score (nSPS) is 18.5. The monoisotopic (exact) mass is 903 g/mol. The Balaban J connectivity index is 1.04. The van der Waals surface area contributed by atoms with Crippen LogP contribution in [0.5, 0.6) is 0 Å². The fourth-order valence-corrected chi connectivity index (χ4v) is 8.65. The molecule has 65 heavy (non-hydrogen) atoms. The Labute approximate surface area is 377 Å². The second-order valence-electron chi connectivity index (χ2n) is 18.1. The molecule has 7 N–H and O–H groups in total. The van der Waals surface area contributed by atoms with E-state index in [0.717, 1.165) is 96.2 Å². The van der Waals surface area contributed by atoms with Crippen molar-refractivity contribution in [3.63, 3.8) is 0 Å². The Bertz CT molecular complexity index is 2360. The van der Waals surface area contributed by atoms with Crippen molar-refractivity contribution in [1.29, 1.82) is 0 Å². The summed E-state index contributed by atoms with van der Waals surface area (Å²) in [6, 6.07) is 6.25. The molecule has 4 aromatic rings. The standard InChI is InChI=1S/C47H63F2N9O7/c1-26(2)40(56-45(61)63-5)43(59)52-25-47(48,49)17-16-39-50-22-35(54-39)29-13-15-33-31(19-29)20-34(53-33)32-14-12-30(21-38(32)65-24-28-9-7-10-28)36-23-51-42(55-36)37-11-8-18-58(37)44(60)41(27(3)4)57-46(62)64-6/h13,15,19-23,26-28,37,40-41,46,53,57,62H,7-12,14,16-18,24-25H2,1-6H3,(H,50,54)(H,51,55)(H,52,59)(H,56,61). The molecule has 18 heteroatoms. The number of halogens is 2. The molecule has 4 heterocycles. The SMILES string of the molecule is COC(=O)NC(C(=O)NCC(F)(F)CCc1ncc(-c2ccc3[nH]c(C4=C(OCC5CCC5)C=C(c5cnc(C6CCCN6C(=O)C(NC(O)OC)C(C)C)[nH]5)CC4)cc3c2)[nH]1)C(C)C. The first-order valence-corrected chi connectivity index (χ1v) is 22.7. The number of aliphatic hydroxyl groups is 1. The van der Waals surface area contributed by atoms with Crippen LogP contribution in [-0.2, 0) is 30.2 Å². The number of alkyl carbamates (subject to hydrolysis) is 1. The van der Waals surface area contributed by atoms with Crippen molar-refractivity contribution in [3.8, 4) is 11.3 Å². The first kappa shape index (κ1) is 47.4. The molecule has 352 valence electrons. The summed E-state index contributed by atoms with van der Waals surface area (Å²) in [5.41, 5.74) is 6.46. The van der Waals surface area contributed by atoms with Crippen LogP contribution in [0, 0.1) is 17.8 Å². The van der Waals surface area contributed by atoms with Gasteiger partial charge < -0.3 is 49.8 Å². The van der Waals surface area contributed by atoms with Crippen LogP contribution in [0.3, 0.4) is 0 Å². The largest absolute Gasteiger partial charge is 0.493 e. The van der Waals surface area contributed by atoms with Crippen molar-refractivity contribution < 1.29 is 42.5 Å². The van der Waals surface area contributed by atoms with E-state index in [0.29, 0.717) is 30.6 Å². The number of nitrogens with one attached hydrogen (secondary N) is 6. The summed E-state index contributed by atoms with van der Waals surface area (Å²) in [6.07, 6.45) is 9.54. The number of allylic oxidation sites excluding steroid dienone is 3. The molecule has 0 radical (unpaired) electrons. The van der Waals surface area contributed by atoms with E-state index in [1.165, 1.54) is 13.5 Å². The van der Waals surface area contributed by atoms with Crippen LogP contribution in [-0.4, -0.2) is 111 Å². The highest BCUT2D eigenvalue weighted by Gasteiger charge is 2.38.